The van der Waals surface area contributed by atoms with E-state index in [9.17, 15) is 15.2 Å². The Bertz CT molecular complexity index is 1040. The van der Waals surface area contributed by atoms with E-state index in [2.05, 4.69) is 15.5 Å². The lowest BCUT2D eigenvalue weighted by Gasteiger charge is -2.05. The van der Waals surface area contributed by atoms with Crippen LogP contribution < -0.4 is 5.43 Å². The molecule has 0 unspecified atom stereocenters. The molecule has 0 fully saturated rings. The van der Waals surface area contributed by atoms with Crippen molar-refractivity contribution in [1.29, 1.82) is 0 Å². The SMILES string of the molecule is O=[N+]([O-])c1ccccc1CC(CO)=NNc1nc(-c2ccc(Cl)c(Cl)c2)cs1. The zero-order chi connectivity index (χ0) is 20.1. The van der Waals surface area contributed by atoms with Crippen LogP contribution in [0.2, 0.25) is 10.0 Å². The van der Waals surface area contributed by atoms with Crippen molar-refractivity contribution in [3.8, 4) is 11.3 Å². The summed E-state index contributed by atoms with van der Waals surface area (Å²) in [6.45, 7) is -0.343. The van der Waals surface area contributed by atoms with Crippen LogP contribution in [0.1, 0.15) is 5.56 Å². The molecule has 2 aromatic carbocycles. The van der Waals surface area contributed by atoms with E-state index in [1.807, 2.05) is 11.4 Å². The van der Waals surface area contributed by atoms with Crippen molar-refractivity contribution in [2.45, 2.75) is 6.42 Å². The van der Waals surface area contributed by atoms with Crippen LogP contribution in [0.5, 0.6) is 0 Å². The van der Waals surface area contributed by atoms with Crippen LogP contribution in [0, 0.1) is 10.1 Å². The number of nitrogens with one attached hydrogen (secondary N) is 1. The number of halogens is 2. The molecule has 7 nitrogen and oxygen atoms in total. The van der Waals surface area contributed by atoms with Crippen molar-refractivity contribution < 1.29 is 10.0 Å². The third-order valence-electron chi connectivity index (χ3n) is 3.79. The zero-order valence-electron chi connectivity index (χ0n) is 14.3. The summed E-state index contributed by atoms with van der Waals surface area (Å²) in [6.07, 6.45) is 0.145. The largest absolute Gasteiger partial charge is 0.390 e. The molecular weight excluding hydrogens is 423 g/mol. The Morgan fingerprint density at radius 1 is 1.25 bits per heavy atom. The fraction of sp³-hybridized carbons (Fsp3) is 0.111. The summed E-state index contributed by atoms with van der Waals surface area (Å²) in [6, 6.07) is 11.6. The molecule has 10 heteroatoms. The molecule has 0 aliphatic carbocycles. The quantitative estimate of drug-likeness (QED) is 0.307. The van der Waals surface area contributed by atoms with Gasteiger partial charge in [0, 0.05) is 29.0 Å². The maximum absolute atomic E-state index is 11.1. The maximum Gasteiger partial charge on any atom is 0.272 e. The second-order valence-corrected chi connectivity index (χ2v) is 7.35. The van der Waals surface area contributed by atoms with Gasteiger partial charge in [0.25, 0.3) is 5.69 Å². The molecular formula is C18H14Cl2N4O3S. The van der Waals surface area contributed by atoms with Gasteiger partial charge in [0.2, 0.25) is 5.13 Å². The lowest BCUT2D eigenvalue weighted by atomic mass is 10.1. The van der Waals surface area contributed by atoms with E-state index in [0.29, 0.717) is 32.1 Å². The molecule has 144 valence electrons. The number of thiazole rings is 1. The van der Waals surface area contributed by atoms with Crippen LogP contribution in [0.25, 0.3) is 11.3 Å². The van der Waals surface area contributed by atoms with Crippen LogP contribution >= 0.6 is 34.5 Å². The van der Waals surface area contributed by atoms with Crippen molar-refractivity contribution in [3.63, 3.8) is 0 Å². The van der Waals surface area contributed by atoms with Gasteiger partial charge < -0.3 is 5.11 Å². The maximum atomic E-state index is 11.1. The highest BCUT2D eigenvalue weighted by molar-refractivity contribution is 7.14. The number of nitro groups is 1. The minimum Gasteiger partial charge on any atom is -0.390 e. The number of para-hydroxylation sites is 1. The smallest absolute Gasteiger partial charge is 0.272 e. The van der Waals surface area contributed by atoms with Gasteiger partial charge in [0.15, 0.2) is 0 Å². The third kappa shape index (κ3) is 4.85. The standard InChI is InChI=1S/C18H14Cl2N4O3S/c19-14-6-5-11(8-15(14)20)16-10-28-18(21-16)23-22-13(9-25)7-12-3-1-2-4-17(12)24(26)27/h1-6,8,10,25H,7,9H2,(H,21,23). The minimum atomic E-state index is -0.456. The van der Waals surface area contributed by atoms with Gasteiger partial charge in [0.05, 0.1) is 33.0 Å². The molecule has 28 heavy (non-hydrogen) atoms. The normalized spacial score (nSPS) is 11.5. The van der Waals surface area contributed by atoms with Crippen LogP contribution in [-0.4, -0.2) is 27.3 Å². The monoisotopic (exact) mass is 436 g/mol. The number of hydrogen-bond donors (Lipinski definition) is 2. The molecule has 0 saturated carbocycles. The van der Waals surface area contributed by atoms with Crippen molar-refractivity contribution in [1.82, 2.24) is 4.98 Å². The average Bonchev–Trinajstić information content (AvgIpc) is 3.16. The second kappa shape index (κ2) is 9.11. The molecule has 0 atom stereocenters. The fourth-order valence-electron chi connectivity index (χ4n) is 2.43. The first-order chi connectivity index (χ1) is 13.5. The van der Waals surface area contributed by atoms with Gasteiger partial charge in [-0.3, -0.25) is 15.5 Å². The number of aliphatic hydroxyl groups excluding tert-OH is 1. The second-order valence-electron chi connectivity index (χ2n) is 5.68. The Morgan fingerprint density at radius 3 is 2.75 bits per heavy atom. The Morgan fingerprint density at radius 2 is 2.04 bits per heavy atom. The van der Waals surface area contributed by atoms with Crippen molar-refractivity contribution >= 4 is 51.1 Å². The molecule has 3 rings (SSSR count). The number of anilines is 1. The topological polar surface area (TPSA) is 101 Å². The van der Waals surface area contributed by atoms with Crippen LogP contribution in [-0.2, 0) is 6.42 Å². The molecule has 1 aromatic heterocycles. The number of benzene rings is 2. The fourth-order valence-corrected chi connectivity index (χ4v) is 3.39. The molecule has 0 radical (unpaired) electrons. The predicted octanol–water partition coefficient (Wildman–Crippen LogP) is 5.03. The Balaban J connectivity index is 1.74. The van der Waals surface area contributed by atoms with E-state index in [0.717, 1.165) is 5.56 Å². The Hall–Kier alpha value is -2.52. The molecule has 0 spiro atoms. The minimum absolute atomic E-state index is 0.0141. The van der Waals surface area contributed by atoms with E-state index in [4.69, 9.17) is 23.2 Å². The first kappa shape index (κ1) is 20.2. The molecule has 0 amide bonds. The number of rotatable bonds is 7. The molecule has 0 bridgehead atoms. The molecule has 0 saturated heterocycles. The third-order valence-corrected chi connectivity index (χ3v) is 5.28. The molecule has 3 aromatic rings. The van der Waals surface area contributed by atoms with Gasteiger partial charge in [0.1, 0.15) is 0 Å². The number of nitro benzene ring substituents is 1. The van der Waals surface area contributed by atoms with Crippen LogP contribution in [0.4, 0.5) is 10.8 Å². The summed E-state index contributed by atoms with van der Waals surface area (Å²) in [7, 11) is 0. The van der Waals surface area contributed by atoms with Gasteiger partial charge >= 0.3 is 0 Å². The van der Waals surface area contributed by atoms with E-state index >= 15 is 0 Å². The molecule has 2 N–H and O–H groups in total. The van der Waals surface area contributed by atoms with E-state index < -0.39 is 4.92 Å². The number of aliphatic hydroxyl groups is 1. The summed E-state index contributed by atoms with van der Waals surface area (Å²) >= 11 is 13.3. The highest BCUT2D eigenvalue weighted by atomic mass is 35.5. The van der Waals surface area contributed by atoms with Crippen molar-refractivity contribution in [2.24, 2.45) is 5.10 Å². The van der Waals surface area contributed by atoms with Crippen molar-refractivity contribution in [3.05, 3.63) is 73.6 Å². The summed E-state index contributed by atoms with van der Waals surface area (Å²) < 4.78 is 0. The van der Waals surface area contributed by atoms with E-state index in [1.54, 1.807) is 30.3 Å². The molecule has 0 aliphatic rings. The molecule has 0 aliphatic heterocycles. The van der Waals surface area contributed by atoms with Gasteiger partial charge in [-0.05, 0) is 12.1 Å². The van der Waals surface area contributed by atoms with Gasteiger partial charge in [-0.1, -0.05) is 47.5 Å². The summed E-state index contributed by atoms with van der Waals surface area (Å²) in [5.74, 6) is 0. The first-order valence-electron chi connectivity index (χ1n) is 8.03. The van der Waals surface area contributed by atoms with E-state index in [-0.39, 0.29) is 18.7 Å². The first-order valence-corrected chi connectivity index (χ1v) is 9.67. The zero-order valence-corrected chi connectivity index (χ0v) is 16.6. The number of nitrogens with zero attached hydrogens (tertiary/aromatic N) is 3. The molecule has 1 heterocycles. The number of hydrazone groups is 1. The van der Waals surface area contributed by atoms with Gasteiger partial charge in [-0.25, -0.2) is 4.98 Å². The van der Waals surface area contributed by atoms with E-state index in [1.165, 1.54) is 17.4 Å². The highest BCUT2D eigenvalue weighted by Gasteiger charge is 2.14. The lowest BCUT2D eigenvalue weighted by molar-refractivity contribution is -0.385. The van der Waals surface area contributed by atoms with Gasteiger partial charge in [-0.15, -0.1) is 11.3 Å². The lowest BCUT2D eigenvalue weighted by Crippen LogP contribution is -2.12. The van der Waals surface area contributed by atoms with Crippen LogP contribution in [0.15, 0.2) is 52.9 Å². The highest BCUT2D eigenvalue weighted by Crippen LogP contribution is 2.30. The summed E-state index contributed by atoms with van der Waals surface area (Å²) in [5, 5.41) is 28.0. The van der Waals surface area contributed by atoms with Crippen molar-refractivity contribution in [2.75, 3.05) is 12.0 Å². The van der Waals surface area contributed by atoms with Crippen LogP contribution in [0.3, 0.4) is 0 Å². The van der Waals surface area contributed by atoms with Gasteiger partial charge in [-0.2, -0.15) is 5.10 Å². The summed E-state index contributed by atoms with van der Waals surface area (Å²) in [5.41, 5.74) is 5.10. The number of hydrogen-bond acceptors (Lipinski definition) is 7. The Kier molecular flexibility index (Phi) is 6.58. The Labute approximate surface area is 174 Å². The predicted molar refractivity (Wildman–Crippen MR) is 113 cm³/mol. The number of aromatic nitrogens is 1. The average molecular weight is 437 g/mol. The summed E-state index contributed by atoms with van der Waals surface area (Å²) in [4.78, 5) is 15.1.